The summed E-state index contributed by atoms with van der Waals surface area (Å²) in [7, 11) is 0. The average molecular weight is 270 g/mol. The zero-order valence-corrected chi connectivity index (χ0v) is 11.5. The van der Waals surface area contributed by atoms with Gasteiger partial charge in [-0.15, -0.1) is 0 Å². The summed E-state index contributed by atoms with van der Waals surface area (Å²) in [6, 6.07) is 9.60. The predicted molar refractivity (Wildman–Crippen MR) is 76.7 cm³/mol. The largest absolute Gasteiger partial charge is 0.367 e. The van der Waals surface area contributed by atoms with Crippen LogP contribution in [0.25, 0.3) is 0 Å². The van der Waals surface area contributed by atoms with Crippen LogP contribution in [0.4, 0.5) is 5.69 Å². The molecule has 1 aliphatic carbocycles. The molecule has 0 saturated carbocycles. The first-order chi connectivity index (χ1) is 9.68. The lowest BCUT2D eigenvalue weighted by atomic mass is 9.78. The number of likely N-dealkylation sites (tertiary alicyclic amines) is 1. The lowest BCUT2D eigenvalue weighted by molar-refractivity contribution is -0.139. The van der Waals surface area contributed by atoms with Crippen LogP contribution in [0.1, 0.15) is 13.3 Å². The van der Waals surface area contributed by atoms with Gasteiger partial charge in [0.15, 0.2) is 0 Å². The van der Waals surface area contributed by atoms with Gasteiger partial charge in [-0.25, -0.2) is 0 Å². The van der Waals surface area contributed by atoms with Crippen molar-refractivity contribution in [3.8, 4) is 0 Å². The molecule has 0 bridgehead atoms. The number of anilines is 1. The molecule has 1 N–H and O–H groups in total. The molecular weight excluding hydrogens is 252 g/mol. The minimum absolute atomic E-state index is 0.0414. The fourth-order valence-electron chi connectivity index (χ4n) is 3.09. The monoisotopic (exact) mass is 270 g/mol. The highest BCUT2D eigenvalue weighted by Crippen LogP contribution is 2.38. The molecule has 2 aliphatic rings. The first-order valence-electron chi connectivity index (χ1n) is 6.99. The topological polar surface area (TPSA) is 49.4 Å². The first kappa shape index (κ1) is 12.9. The Labute approximate surface area is 118 Å². The molecule has 0 aromatic heterocycles. The van der Waals surface area contributed by atoms with Crippen LogP contribution in [-0.2, 0) is 9.59 Å². The minimum Gasteiger partial charge on any atom is -0.367 e. The van der Waals surface area contributed by atoms with E-state index in [-0.39, 0.29) is 36.2 Å². The van der Waals surface area contributed by atoms with Gasteiger partial charge in [-0.3, -0.25) is 14.5 Å². The quantitative estimate of drug-likeness (QED) is 0.677. The average Bonchev–Trinajstić information content (AvgIpc) is 2.71. The van der Waals surface area contributed by atoms with Crippen molar-refractivity contribution in [1.82, 2.24) is 4.90 Å². The molecule has 1 saturated heterocycles. The van der Waals surface area contributed by atoms with E-state index in [4.69, 9.17) is 0 Å². The van der Waals surface area contributed by atoms with Gasteiger partial charge in [0.2, 0.25) is 11.8 Å². The molecule has 4 heteroatoms. The molecule has 3 atom stereocenters. The number of allylic oxidation sites excluding steroid dienone is 2. The molecule has 3 rings (SSSR count). The molecule has 4 nitrogen and oxygen atoms in total. The van der Waals surface area contributed by atoms with Gasteiger partial charge >= 0.3 is 0 Å². The summed E-state index contributed by atoms with van der Waals surface area (Å²) in [5, 5.41) is 3.14. The van der Waals surface area contributed by atoms with E-state index >= 15 is 0 Å². The second kappa shape index (κ2) is 5.12. The standard InChI is InChI=1S/C16H18N2O2/c1-11-6-5-9-13-14(11)16(20)18(15(13)19)10-17-12-7-3-2-4-8-12/h2-8,11,13-14,17H,9-10H2,1H3/t11-,13-,14-/m1/s1. The van der Waals surface area contributed by atoms with Crippen LogP contribution in [0.3, 0.4) is 0 Å². The fourth-order valence-corrected chi connectivity index (χ4v) is 3.09. The maximum Gasteiger partial charge on any atom is 0.235 e. The second-order valence-corrected chi connectivity index (χ2v) is 5.46. The first-order valence-corrected chi connectivity index (χ1v) is 6.99. The number of carbonyl (C=O) groups is 2. The van der Waals surface area contributed by atoms with Crippen molar-refractivity contribution in [2.45, 2.75) is 13.3 Å². The van der Waals surface area contributed by atoms with Crippen molar-refractivity contribution in [2.24, 2.45) is 17.8 Å². The molecule has 2 amide bonds. The number of amides is 2. The van der Waals surface area contributed by atoms with Gasteiger partial charge in [0.1, 0.15) is 0 Å². The van der Waals surface area contributed by atoms with E-state index in [1.54, 1.807) is 0 Å². The Kier molecular flexibility index (Phi) is 3.30. The number of hydrogen-bond donors (Lipinski definition) is 1. The van der Waals surface area contributed by atoms with E-state index in [1.165, 1.54) is 4.90 Å². The van der Waals surface area contributed by atoms with E-state index in [9.17, 15) is 9.59 Å². The summed E-state index contributed by atoms with van der Waals surface area (Å²) in [4.78, 5) is 26.1. The molecule has 104 valence electrons. The Hall–Kier alpha value is -2.10. The van der Waals surface area contributed by atoms with Crippen LogP contribution < -0.4 is 5.32 Å². The van der Waals surface area contributed by atoms with Crippen LogP contribution in [-0.4, -0.2) is 23.4 Å². The predicted octanol–water partition coefficient (Wildman–Crippen LogP) is 2.25. The third-order valence-electron chi connectivity index (χ3n) is 4.18. The maximum atomic E-state index is 12.4. The smallest absolute Gasteiger partial charge is 0.235 e. The van der Waals surface area contributed by atoms with Gasteiger partial charge in [0.05, 0.1) is 18.5 Å². The fraction of sp³-hybridized carbons (Fsp3) is 0.375. The normalized spacial score (nSPS) is 28.6. The number of nitrogens with zero attached hydrogens (tertiary/aromatic N) is 1. The van der Waals surface area contributed by atoms with Crippen LogP contribution in [0.5, 0.6) is 0 Å². The maximum absolute atomic E-state index is 12.4. The zero-order chi connectivity index (χ0) is 14.1. The molecule has 1 fully saturated rings. The molecule has 1 aromatic rings. The highest BCUT2D eigenvalue weighted by molar-refractivity contribution is 6.05. The molecular formula is C16H18N2O2. The molecule has 1 aliphatic heterocycles. The summed E-state index contributed by atoms with van der Waals surface area (Å²) in [5.41, 5.74) is 0.911. The van der Waals surface area contributed by atoms with E-state index in [1.807, 2.05) is 49.4 Å². The number of para-hydroxylation sites is 1. The van der Waals surface area contributed by atoms with E-state index in [0.717, 1.165) is 5.69 Å². The van der Waals surface area contributed by atoms with Crippen molar-refractivity contribution in [3.05, 3.63) is 42.5 Å². The summed E-state index contributed by atoms with van der Waals surface area (Å²) < 4.78 is 0. The molecule has 20 heavy (non-hydrogen) atoms. The van der Waals surface area contributed by atoms with Crippen molar-refractivity contribution >= 4 is 17.5 Å². The van der Waals surface area contributed by atoms with Gasteiger partial charge < -0.3 is 5.32 Å². The number of rotatable bonds is 3. The number of hydrogen-bond acceptors (Lipinski definition) is 3. The van der Waals surface area contributed by atoms with Gasteiger partial charge in [-0.1, -0.05) is 37.3 Å². The summed E-state index contributed by atoms with van der Waals surface area (Å²) in [5.74, 6) is -0.281. The third kappa shape index (κ3) is 2.11. The second-order valence-electron chi connectivity index (χ2n) is 5.46. The Morgan fingerprint density at radius 1 is 1.20 bits per heavy atom. The lowest BCUT2D eigenvalue weighted by Gasteiger charge is -2.22. The number of fused-ring (bicyclic) bond motifs is 1. The lowest BCUT2D eigenvalue weighted by Crippen LogP contribution is -2.36. The van der Waals surface area contributed by atoms with Crippen LogP contribution in [0.15, 0.2) is 42.5 Å². The van der Waals surface area contributed by atoms with Crippen LogP contribution >= 0.6 is 0 Å². The van der Waals surface area contributed by atoms with E-state index in [0.29, 0.717) is 6.42 Å². The Bertz CT molecular complexity index is 553. The number of benzene rings is 1. The van der Waals surface area contributed by atoms with Crippen molar-refractivity contribution in [1.29, 1.82) is 0 Å². The number of nitrogens with one attached hydrogen (secondary N) is 1. The van der Waals surface area contributed by atoms with Crippen LogP contribution in [0.2, 0.25) is 0 Å². The van der Waals surface area contributed by atoms with Gasteiger partial charge in [0.25, 0.3) is 0 Å². The van der Waals surface area contributed by atoms with Gasteiger partial charge in [-0.05, 0) is 24.5 Å². The minimum atomic E-state index is -0.176. The van der Waals surface area contributed by atoms with Gasteiger partial charge in [0, 0.05) is 5.69 Å². The van der Waals surface area contributed by atoms with E-state index < -0.39 is 0 Å². The summed E-state index contributed by atoms with van der Waals surface area (Å²) >= 11 is 0. The van der Waals surface area contributed by atoms with Crippen molar-refractivity contribution < 1.29 is 9.59 Å². The SMILES string of the molecule is C[C@@H]1C=CC[C@H]2C(=O)N(CNc3ccccc3)C(=O)[C@H]12. The Morgan fingerprint density at radius 3 is 2.65 bits per heavy atom. The third-order valence-corrected chi connectivity index (χ3v) is 4.18. The van der Waals surface area contributed by atoms with Crippen LogP contribution in [0, 0.1) is 17.8 Å². The van der Waals surface area contributed by atoms with Gasteiger partial charge in [-0.2, -0.15) is 0 Å². The van der Waals surface area contributed by atoms with Crippen molar-refractivity contribution in [3.63, 3.8) is 0 Å². The highest BCUT2D eigenvalue weighted by Gasteiger charge is 2.49. The molecule has 1 heterocycles. The summed E-state index contributed by atoms with van der Waals surface area (Å²) in [6.45, 7) is 2.26. The highest BCUT2D eigenvalue weighted by atomic mass is 16.2. The van der Waals surface area contributed by atoms with E-state index in [2.05, 4.69) is 5.32 Å². The molecule has 0 radical (unpaired) electrons. The Morgan fingerprint density at radius 2 is 1.95 bits per heavy atom. The van der Waals surface area contributed by atoms with Crippen molar-refractivity contribution in [2.75, 3.05) is 12.0 Å². The molecule has 0 unspecified atom stereocenters. The number of imide groups is 1. The molecule has 0 spiro atoms. The molecule has 1 aromatic carbocycles. The number of carbonyl (C=O) groups excluding carboxylic acids is 2. The zero-order valence-electron chi connectivity index (χ0n) is 11.5. The summed E-state index contributed by atoms with van der Waals surface area (Å²) in [6.07, 6.45) is 4.74. The Balaban J connectivity index is 1.72.